The van der Waals surface area contributed by atoms with Crippen molar-refractivity contribution in [2.24, 2.45) is 0 Å². The van der Waals surface area contributed by atoms with E-state index in [-0.39, 0.29) is 18.2 Å². The van der Waals surface area contributed by atoms with E-state index in [1.54, 1.807) is 18.2 Å². The van der Waals surface area contributed by atoms with Gasteiger partial charge in [0.2, 0.25) is 0 Å². The predicted octanol–water partition coefficient (Wildman–Crippen LogP) is 5.20. The van der Waals surface area contributed by atoms with Gasteiger partial charge in [0.1, 0.15) is 6.17 Å². The van der Waals surface area contributed by atoms with Crippen molar-refractivity contribution >= 4 is 34.7 Å². The van der Waals surface area contributed by atoms with Gasteiger partial charge in [-0.25, -0.2) is 4.39 Å². The highest BCUT2D eigenvalue weighted by molar-refractivity contribution is 6.36. The minimum absolute atomic E-state index is 0.00313. The molecule has 1 aromatic carbocycles. The molecule has 7 heteroatoms. The zero-order valence-electron chi connectivity index (χ0n) is 21.2. The number of likely N-dealkylation sites (tertiary alicyclic amines) is 2. The Balaban J connectivity index is 1.29. The number of carbonyl (C=O) groups is 2. The van der Waals surface area contributed by atoms with Gasteiger partial charge >= 0.3 is 0 Å². The van der Waals surface area contributed by atoms with Crippen LogP contribution in [0.2, 0.25) is 0 Å². The third-order valence-corrected chi connectivity index (χ3v) is 8.12. The third kappa shape index (κ3) is 4.57. The lowest BCUT2D eigenvalue weighted by Gasteiger charge is -2.36. The highest BCUT2D eigenvalue weighted by atomic mass is 19.1. The molecule has 0 radical (unpaired) electrons. The number of benzene rings is 1. The van der Waals surface area contributed by atoms with Crippen molar-refractivity contribution in [3.05, 3.63) is 70.6 Å². The van der Waals surface area contributed by atoms with Crippen LogP contribution in [0, 0.1) is 6.92 Å². The lowest BCUT2D eigenvalue weighted by molar-refractivity contribution is -0.110. The van der Waals surface area contributed by atoms with Crippen LogP contribution in [-0.4, -0.2) is 65.0 Å². The lowest BCUT2D eigenvalue weighted by Crippen LogP contribution is -2.46. The summed E-state index contributed by atoms with van der Waals surface area (Å²) in [5.74, 6) is -0.216. The Morgan fingerprint density at radius 1 is 1.14 bits per heavy atom. The molecule has 0 saturated carbocycles. The number of alkyl halides is 1. The fraction of sp³-hybridized carbons (Fsp3) is 0.400. The van der Waals surface area contributed by atoms with Gasteiger partial charge in [0.05, 0.1) is 16.8 Å². The van der Waals surface area contributed by atoms with E-state index >= 15 is 0 Å². The van der Waals surface area contributed by atoms with Gasteiger partial charge in [0.25, 0.3) is 11.8 Å². The van der Waals surface area contributed by atoms with Crippen molar-refractivity contribution in [1.82, 2.24) is 14.8 Å². The van der Waals surface area contributed by atoms with Crippen LogP contribution < -0.4 is 5.32 Å². The Labute approximate surface area is 216 Å². The number of H-pyrrole nitrogens is 1. The molecule has 1 atom stereocenters. The van der Waals surface area contributed by atoms with Crippen LogP contribution in [0.15, 0.2) is 42.5 Å². The Hall–Kier alpha value is -3.45. The molecule has 1 aliphatic carbocycles. The molecule has 192 valence electrons. The van der Waals surface area contributed by atoms with Gasteiger partial charge in [-0.15, -0.1) is 0 Å². The van der Waals surface area contributed by atoms with Crippen LogP contribution in [0.1, 0.15) is 65.0 Å². The first-order valence-electron chi connectivity index (χ1n) is 13.4. The second-order valence-electron chi connectivity index (χ2n) is 10.6. The second kappa shape index (κ2) is 9.78. The predicted molar refractivity (Wildman–Crippen MR) is 145 cm³/mol. The minimum atomic E-state index is -1.04. The molecular weight excluding hydrogens is 467 g/mol. The number of halogens is 1. The van der Waals surface area contributed by atoms with Crippen molar-refractivity contribution in [3.63, 3.8) is 0 Å². The molecule has 2 fully saturated rings. The van der Waals surface area contributed by atoms with Crippen molar-refractivity contribution < 1.29 is 14.0 Å². The maximum Gasteiger partial charge on any atom is 0.256 e. The molecule has 3 aliphatic heterocycles. The average molecular weight is 501 g/mol. The number of aromatic nitrogens is 1. The molecule has 6 nitrogen and oxygen atoms in total. The number of aromatic amines is 1. The first-order chi connectivity index (χ1) is 18.0. The summed E-state index contributed by atoms with van der Waals surface area (Å²) in [6, 6.07) is 8.12. The fourth-order valence-electron chi connectivity index (χ4n) is 6.25. The Morgan fingerprint density at radius 2 is 1.92 bits per heavy atom. The van der Waals surface area contributed by atoms with Gasteiger partial charge in [-0.05, 0) is 75.0 Å². The second-order valence-corrected chi connectivity index (χ2v) is 10.6. The van der Waals surface area contributed by atoms with Crippen LogP contribution >= 0.6 is 0 Å². The van der Waals surface area contributed by atoms with Gasteiger partial charge in [0.15, 0.2) is 0 Å². The molecule has 0 spiro atoms. The fourth-order valence-corrected chi connectivity index (χ4v) is 6.25. The topological polar surface area (TPSA) is 68.4 Å². The normalized spacial score (nSPS) is 23.5. The highest BCUT2D eigenvalue weighted by Gasteiger charge is 2.32. The number of nitrogens with zero attached hydrogens (tertiary/aromatic N) is 2. The maximum atomic E-state index is 14.2. The first-order valence-corrected chi connectivity index (χ1v) is 13.4. The molecule has 1 aromatic heterocycles. The summed E-state index contributed by atoms with van der Waals surface area (Å²) in [6.45, 7) is 5.78. The number of anilines is 1. The van der Waals surface area contributed by atoms with Gasteiger partial charge in [-0.2, -0.15) is 0 Å². The van der Waals surface area contributed by atoms with E-state index in [0.717, 1.165) is 48.3 Å². The average Bonchev–Trinajstić information content (AvgIpc) is 3.63. The van der Waals surface area contributed by atoms with E-state index in [1.165, 1.54) is 25.9 Å². The summed E-state index contributed by atoms with van der Waals surface area (Å²) in [7, 11) is 0. The Morgan fingerprint density at radius 3 is 2.68 bits per heavy atom. The van der Waals surface area contributed by atoms with Gasteiger partial charge < -0.3 is 20.1 Å². The SMILES string of the molecule is Cc1cc(C(=O)N2CCC(N3CCCC3)CC2)c(/C=C2\C(=O)Nc3cccc(C4=CC=CC(F)C4)c32)[nH]1. The van der Waals surface area contributed by atoms with Crippen LogP contribution in [0.5, 0.6) is 0 Å². The quantitative estimate of drug-likeness (QED) is 0.567. The molecule has 2 aromatic rings. The molecule has 2 saturated heterocycles. The number of aryl methyl sites for hydroxylation is 1. The van der Waals surface area contributed by atoms with Crippen molar-refractivity contribution in [1.29, 1.82) is 0 Å². The van der Waals surface area contributed by atoms with Crippen LogP contribution in [-0.2, 0) is 4.79 Å². The summed E-state index contributed by atoms with van der Waals surface area (Å²) in [4.78, 5) is 34.5. The monoisotopic (exact) mass is 500 g/mol. The number of piperidine rings is 1. The minimum Gasteiger partial charge on any atom is -0.358 e. The number of hydrogen-bond donors (Lipinski definition) is 2. The number of fused-ring (bicyclic) bond motifs is 1. The highest BCUT2D eigenvalue weighted by Crippen LogP contribution is 2.41. The zero-order valence-corrected chi connectivity index (χ0v) is 21.2. The van der Waals surface area contributed by atoms with Crippen LogP contribution in [0.4, 0.5) is 10.1 Å². The number of allylic oxidation sites excluding steroid dienone is 4. The molecule has 4 heterocycles. The van der Waals surface area contributed by atoms with Gasteiger partial charge in [-0.1, -0.05) is 30.4 Å². The standard InChI is InChI=1S/C30H33FN4O2/c1-19-16-24(30(37)35-14-10-22(11-15-35)34-12-2-3-13-34)27(32-19)18-25-28-23(20-6-4-7-21(31)17-20)8-5-9-26(28)33-29(25)36/h4-9,16,18,21-22,32H,2-3,10-15,17H2,1H3,(H,33,36)/b25-18-. The van der Waals surface area contributed by atoms with Crippen molar-refractivity contribution in [2.45, 2.75) is 51.2 Å². The van der Waals surface area contributed by atoms with Crippen LogP contribution in [0.25, 0.3) is 17.2 Å². The molecule has 2 amide bonds. The number of amides is 2. The third-order valence-electron chi connectivity index (χ3n) is 8.12. The summed E-state index contributed by atoms with van der Waals surface area (Å²) < 4.78 is 14.2. The van der Waals surface area contributed by atoms with E-state index in [2.05, 4.69) is 15.2 Å². The smallest absolute Gasteiger partial charge is 0.256 e. The Bertz CT molecular complexity index is 1320. The molecule has 2 N–H and O–H groups in total. The van der Waals surface area contributed by atoms with E-state index < -0.39 is 6.17 Å². The van der Waals surface area contributed by atoms with Gasteiger partial charge in [0, 0.05) is 42.5 Å². The molecule has 0 bridgehead atoms. The summed E-state index contributed by atoms with van der Waals surface area (Å²) in [6.07, 6.45) is 10.8. The molecule has 37 heavy (non-hydrogen) atoms. The lowest BCUT2D eigenvalue weighted by atomic mass is 9.89. The molecule has 6 rings (SSSR count). The summed E-state index contributed by atoms with van der Waals surface area (Å²) in [5.41, 5.74) is 5.75. The van der Waals surface area contributed by atoms with Crippen molar-refractivity contribution in [2.75, 3.05) is 31.5 Å². The van der Waals surface area contributed by atoms with Crippen LogP contribution in [0.3, 0.4) is 0 Å². The number of hydrogen-bond acceptors (Lipinski definition) is 3. The van der Waals surface area contributed by atoms with E-state index in [9.17, 15) is 14.0 Å². The summed E-state index contributed by atoms with van der Waals surface area (Å²) >= 11 is 0. The van der Waals surface area contributed by atoms with Gasteiger partial charge in [-0.3, -0.25) is 9.59 Å². The number of carbonyl (C=O) groups excluding carboxylic acids is 2. The summed E-state index contributed by atoms with van der Waals surface area (Å²) in [5, 5.41) is 2.95. The largest absolute Gasteiger partial charge is 0.358 e. The zero-order chi connectivity index (χ0) is 25.5. The molecule has 1 unspecified atom stereocenters. The maximum absolute atomic E-state index is 14.2. The van der Waals surface area contributed by atoms with E-state index in [0.29, 0.717) is 28.6 Å². The van der Waals surface area contributed by atoms with E-state index in [4.69, 9.17) is 0 Å². The number of rotatable bonds is 4. The molecular formula is C30H33FN4O2. The Kier molecular flexibility index (Phi) is 6.32. The number of nitrogens with one attached hydrogen (secondary N) is 2. The van der Waals surface area contributed by atoms with Crippen molar-refractivity contribution in [3.8, 4) is 0 Å². The molecule has 4 aliphatic rings. The first kappa shape index (κ1) is 23.9. The van der Waals surface area contributed by atoms with E-state index in [1.807, 2.05) is 42.2 Å².